The maximum Gasteiger partial charge on any atom is 0.348 e. The molecule has 132 valence electrons. The van der Waals surface area contributed by atoms with E-state index in [0.717, 1.165) is 21.8 Å². The minimum absolute atomic E-state index is 0.0373. The van der Waals surface area contributed by atoms with Gasteiger partial charge in [0.1, 0.15) is 15.2 Å². The molecule has 0 aliphatic heterocycles. The van der Waals surface area contributed by atoms with Crippen LogP contribution in [0.15, 0.2) is 48.5 Å². The first kappa shape index (κ1) is 18.4. The van der Waals surface area contributed by atoms with Crippen molar-refractivity contribution in [2.75, 3.05) is 11.9 Å². The highest BCUT2D eigenvalue weighted by atomic mass is 35.5. The van der Waals surface area contributed by atoms with Crippen LogP contribution in [-0.2, 0) is 0 Å². The predicted molar refractivity (Wildman–Crippen MR) is 104 cm³/mol. The molecule has 0 atom stereocenters. The van der Waals surface area contributed by atoms with Crippen LogP contribution in [-0.4, -0.2) is 29.0 Å². The lowest BCUT2D eigenvalue weighted by Gasteiger charge is -2.17. The Morgan fingerprint density at radius 2 is 1.81 bits per heavy atom. The first-order valence-electron chi connectivity index (χ1n) is 7.41. The summed E-state index contributed by atoms with van der Waals surface area (Å²) >= 11 is 12.9. The van der Waals surface area contributed by atoms with Gasteiger partial charge in [0.15, 0.2) is 0 Å². The maximum absolute atomic E-state index is 12.8. The van der Waals surface area contributed by atoms with E-state index in [9.17, 15) is 14.7 Å². The van der Waals surface area contributed by atoms with E-state index in [2.05, 4.69) is 4.98 Å². The molecule has 1 amide bonds. The Morgan fingerprint density at radius 3 is 2.42 bits per heavy atom. The first-order valence-corrected chi connectivity index (χ1v) is 8.98. The molecule has 1 N–H and O–H groups in total. The molecule has 0 bridgehead atoms. The van der Waals surface area contributed by atoms with Gasteiger partial charge in [-0.05, 0) is 23.8 Å². The van der Waals surface area contributed by atoms with E-state index in [0.29, 0.717) is 0 Å². The normalized spacial score (nSPS) is 10.6. The molecule has 0 aliphatic carbocycles. The van der Waals surface area contributed by atoms with E-state index in [-0.39, 0.29) is 26.4 Å². The van der Waals surface area contributed by atoms with E-state index in [1.54, 1.807) is 6.07 Å². The molecule has 8 heteroatoms. The van der Waals surface area contributed by atoms with Crippen LogP contribution in [0.2, 0.25) is 10.3 Å². The maximum atomic E-state index is 12.8. The fraction of sp³-hybridized carbons (Fsp3) is 0.0556. The van der Waals surface area contributed by atoms with Gasteiger partial charge in [0.2, 0.25) is 0 Å². The van der Waals surface area contributed by atoms with Crippen LogP contribution >= 0.6 is 34.5 Å². The fourth-order valence-electron chi connectivity index (χ4n) is 2.39. The summed E-state index contributed by atoms with van der Waals surface area (Å²) in [6.45, 7) is 0. The molecule has 2 heterocycles. The number of benzene rings is 1. The molecule has 3 rings (SSSR count). The molecular formula is C18H12Cl2N2O3S. The molecule has 2 aromatic heterocycles. The first-order chi connectivity index (χ1) is 12.4. The van der Waals surface area contributed by atoms with E-state index >= 15 is 0 Å². The highest BCUT2D eigenvalue weighted by Gasteiger charge is 2.25. The number of anilines is 1. The third-order valence-corrected chi connectivity index (χ3v) is 5.34. The van der Waals surface area contributed by atoms with Gasteiger partial charge in [0.05, 0.1) is 11.3 Å². The highest BCUT2D eigenvalue weighted by molar-refractivity contribution is 7.18. The van der Waals surface area contributed by atoms with Crippen LogP contribution in [0.3, 0.4) is 0 Å². The van der Waals surface area contributed by atoms with Crippen molar-refractivity contribution in [2.45, 2.75) is 0 Å². The number of nitrogens with zero attached hydrogens (tertiary/aromatic N) is 2. The molecule has 26 heavy (non-hydrogen) atoms. The quantitative estimate of drug-likeness (QED) is 0.612. The molecule has 0 saturated carbocycles. The number of carboxylic acids is 1. The van der Waals surface area contributed by atoms with Gasteiger partial charge < -0.3 is 10.0 Å². The number of amides is 1. The summed E-state index contributed by atoms with van der Waals surface area (Å²) in [5, 5.41) is 9.67. The zero-order chi connectivity index (χ0) is 18.8. The van der Waals surface area contributed by atoms with Crippen LogP contribution in [0.25, 0.3) is 10.4 Å². The summed E-state index contributed by atoms with van der Waals surface area (Å²) in [7, 11) is 1.50. The summed E-state index contributed by atoms with van der Waals surface area (Å²) in [5.41, 5.74) is 1.30. The van der Waals surface area contributed by atoms with Crippen molar-refractivity contribution in [2.24, 2.45) is 0 Å². The lowest BCUT2D eigenvalue weighted by molar-refractivity contribution is 0.0703. The molecular weight excluding hydrogens is 395 g/mol. The van der Waals surface area contributed by atoms with Crippen molar-refractivity contribution in [1.82, 2.24) is 4.98 Å². The molecule has 1 aromatic carbocycles. The van der Waals surface area contributed by atoms with Gasteiger partial charge in [-0.1, -0.05) is 53.5 Å². The average molecular weight is 407 g/mol. The SMILES string of the molecule is CN(C(=O)c1ccc(Cl)nc1Cl)c1cc(-c2ccccc2)sc1C(=O)O. The number of hydrogen-bond acceptors (Lipinski definition) is 4. The number of pyridine rings is 1. The number of halogens is 2. The molecule has 0 saturated heterocycles. The van der Waals surface area contributed by atoms with Gasteiger partial charge in [0, 0.05) is 11.9 Å². The Labute approximate surface area is 163 Å². The highest BCUT2D eigenvalue weighted by Crippen LogP contribution is 2.37. The Bertz CT molecular complexity index is 989. The smallest absolute Gasteiger partial charge is 0.348 e. The van der Waals surface area contributed by atoms with Gasteiger partial charge in [0.25, 0.3) is 5.91 Å². The topological polar surface area (TPSA) is 70.5 Å². The van der Waals surface area contributed by atoms with Gasteiger partial charge >= 0.3 is 5.97 Å². The largest absolute Gasteiger partial charge is 0.477 e. The number of carbonyl (C=O) groups is 2. The lowest BCUT2D eigenvalue weighted by atomic mass is 10.1. The number of thiophene rings is 1. The summed E-state index contributed by atoms with van der Waals surface area (Å²) < 4.78 is 0. The van der Waals surface area contributed by atoms with E-state index < -0.39 is 11.9 Å². The van der Waals surface area contributed by atoms with Crippen molar-refractivity contribution in [3.63, 3.8) is 0 Å². The van der Waals surface area contributed by atoms with Crippen LogP contribution in [0.4, 0.5) is 5.69 Å². The second kappa shape index (κ2) is 7.45. The monoisotopic (exact) mass is 406 g/mol. The van der Waals surface area contributed by atoms with Crippen molar-refractivity contribution < 1.29 is 14.7 Å². The fourth-order valence-corrected chi connectivity index (χ4v) is 3.85. The third kappa shape index (κ3) is 3.58. The van der Waals surface area contributed by atoms with Gasteiger partial charge in [-0.15, -0.1) is 11.3 Å². The Kier molecular flexibility index (Phi) is 5.27. The van der Waals surface area contributed by atoms with Gasteiger partial charge in [-0.25, -0.2) is 9.78 Å². The average Bonchev–Trinajstić information content (AvgIpc) is 3.07. The standard InChI is InChI=1S/C18H12Cl2N2O3S/c1-22(17(23)11-7-8-14(19)21-16(11)20)12-9-13(26-15(12)18(24)25)10-5-3-2-4-6-10/h2-9H,1H3,(H,24,25). The lowest BCUT2D eigenvalue weighted by Crippen LogP contribution is -2.27. The Hall–Kier alpha value is -2.41. The molecule has 0 unspecified atom stereocenters. The zero-order valence-corrected chi connectivity index (χ0v) is 15.8. The molecule has 0 fully saturated rings. The van der Waals surface area contributed by atoms with E-state index in [4.69, 9.17) is 23.2 Å². The van der Waals surface area contributed by atoms with Crippen LogP contribution < -0.4 is 4.90 Å². The molecule has 3 aromatic rings. The van der Waals surface area contributed by atoms with Gasteiger partial charge in [-0.3, -0.25) is 4.79 Å². The number of hydrogen-bond donors (Lipinski definition) is 1. The van der Waals surface area contributed by atoms with E-state index in [1.807, 2.05) is 30.3 Å². The molecule has 0 radical (unpaired) electrons. The molecule has 5 nitrogen and oxygen atoms in total. The molecule has 0 spiro atoms. The Balaban J connectivity index is 2.03. The number of rotatable bonds is 4. The summed E-state index contributed by atoms with van der Waals surface area (Å²) in [6.07, 6.45) is 0. The zero-order valence-electron chi connectivity index (χ0n) is 13.4. The number of aromatic carboxylic acids is 1. The Morgan fingerprint density at radius 1 is 1.12 bits per heavy atom. The second-order valence-corrected chi connectivity index (χ2v) is 7.13. The summed E-state index contributed by atoms with van der Waals surface area (Å²) in [6, 6.07) is 14.0. The number of aromatic nitrogens is 1. The summed E-state index contributed by atoms with van der Waals surface area (Å²) in [5.74, 6) is -1.58. The third-order valence-electron chi connectivity index (χ3n) is 3.68. The van der Waals surface area contributed by atoms with Crippen molar-refractivity contribution in [1.29, 1.82) is 0 Å². The van der Waals surface area contributed by atoms with E-state index in [1.165, 1.54) is 24.1 Å². The van der Waals surface area contributed by atoms with Crippen LogP contribution in [0, 0.1) is 0 Å². The van der Waals surface area contributed by atoms with Crippen molar-refractivity contribution >= 4 is 52.1 Å². The summed E-state index contributed by atoms with van der Waals surface area (Å²) in [4.78, 5) is 30.3. The predicted octanol–water partition coefficient (Wildman–Crippen LogP) is 5.09. The number of carbonyl (C=O) groups excluding carboxylic acids is 1. The minimum atomic E-state index is -1.10. The van der Waals surface area contributed by atoms with Crippen LogP contribution in [0.1, 0.15) is 20.0 Å². The van der Waals surface area contributed by atoms with Crippen molar-refractivity contribution in [3.8, 4) is 10.4 Å². The minimum Gasteiger partial charge on any atom is -0.477 e. The second-order valence-electron chi connectivity index (χ2n) is 5.33. The number of carboxylic acid groups (broad SMARTS) is 1. The van der Waals surface area contributed by atoms with Crippen molar-refractivity contribution in [3.05, 3.63) is 69.3 Å². The molecule has 0 aliphatic rings. The van der Waals surface area contributed by atoms with Gasteiger partial charge in [-0.2, -0.15) is 0 Å². The van der Waals surface area contributed by atoms with Crippen LogP contribution in [0.5, 0.6) is 0 Å².